The number of likely N-dealkylation sites (tertiary alicyclic amines) is 1. The van der Waals surface area contributed by atoms with Crippen molar-refractivity contribution in [2.24, 2.45) is 5.92 Å². The molecule has 6 heteroatoms. The van der Waals surface area contributed by atoms with E-state index in [-0.39, 0.29) is 5.91 Å². The number of carbonyl (C=O) groups excluding carboxylic acids is 1. The van der Waals surface area contributed by atoms with Crippen molar-refractivity contribution in [3.8, 4) is 0 Å². The molecular weight excluding hydrogens is 264 g/mol. The van der Waals surface area contributed by atoms with Crippen LogP contribution in [-0.2, 0) is 0 Å². The van der Waals surface area contributed by atoms with Gasteiger partial charge < -0.3 is 10.2 Å². The molecule has 1 atom stereocenters. The van der Waals surface area contributed by atoms with Crippen molar-refractivity contribution < 1.29 is 4.79 Å². The van der Waals surface area contributed by atoms with Crippen LogP contribution in [0.5, 0.6) is 0 Å². The largest absolute Gasteiger partial charge is 0.350 e. The highest BCUT2D eigenvalue weighted by molar-refractivity contribution is 6.29. The molecule has 0 radical (unpaired) electrons. The fraction of sp³-hybridized carbons (Fsp3) is 0.615. The summed E-state index contributed by atoms with van der Waals surface area (Å²) in [5, 5.41) is 10.6. The van der Waals surface area contributed by atoms with Crippen molar-refractivity contribution in [1.82, 2.24) is 20.4 Å². The predicted octanol–water partition coefficient (Wildman–Crippen LogP) is 1.59. The summed E-state index contributed by atoms with van der Waals surface area (Å²) in [5.41, 5.74) is 0.303. The lowest BCUT2D eigenvalue weighted by atomic mass is 10.1. The summed E-state index contributed by atoms with van der Waals surface area (Å²) in [4.78, 5) is 14.3. The number of aromatic nitrogens is 2. The van der Waals surface area contributed by atoms with E-state index >= 15 is 0 Å². The second-order valence-corrected chi connectivity index (χ2v) is 5.45. The zero-order valence-corrected chi connectivity index (χ0v) is 11.9. The second-order valence-electron chi connectivity index (χ2n) is 5.06. The Labute approximate surface area is 118 Å². The molecule has 1 aromatic rings. The monoisotopic (exact) mass is 282 g/mol. The number of nitrogens with one attached hydrogen (secondary N) is 1. The second kappa shape index (κ2) is 6.82. The van der Waals surface area contributed by atoms with E-state index in [0.29, 0.717) is 23.3 Å². The molecule has 1 aromatic heterocycles. The lowest BCUT2D eigenvalue weighted by Gasteiger charge is -2.20. The van der Waals surface area contributed by atoms with Gasteiger partial charge in [0.2, 0.25) is 0 Å². The molecular formula is C13H19ClN4O. The van der Waals surface area contributed by atoms with Crippen LogP contribution in [-0.4, -0.2) is 47.2 Å². The van der Waals surface area contributed by atoms with Gasteiger partial charge in [0.25, 0.3) is 5.91 Å². The van der Waals surface area contributed by atoms with E-state index in [1.807, 2.05) is 0 Å². The third-order valence-corrected chi connectivity index (χ3v) is 3.45. The van der Waals surface area contributed by atoms with Gasteiger partial charge in [-0.25, -0.2) is 0 Å². The van der Waals surface area contributed by atoms with Crippen LogP contribution in [0.3, 0.4) is 0 Å². The van der Waals surface area contributed by atoms with Crippen LogP contribution >= 0.6 is 11.6 Å². The van der Waals surface area contributed by atoms with Crippen molar-refractivity contribution in [3.05, 3.63) is 23.0 Å². The van der Waals surface area contributed by atoms with E-state index in [2.05, 4.69) is 27.3 Å². The van der Waals surface area contributed by atoms with Gasteiger partial charge in [0.15, 0.2) is 10.8 Å². The summed E-state index contributed by atoms with van der Waals surface area (Å²) >= 11 is 5.63. The Hall–Kier alpha value is -1.20. The molecule has 19 heavy (non-hydrogen) atoms. The summed E-state index contributed by atoms with van der Waals surface area (Å²) in [6, 6.07) is 3.15. The molecule has 1 N–H and O–H groups in total. The first-order valence-corrected chi connectivity index (χ1v) is 7.03. The summed E-state index contributed by atoms with van der Waals surface area (Å²) < 4.78 is 0. The van der Waals surface area contributed by atoms with Crippen LogP contribution < -0.4 is 5.32 Å². The third-order valence-electron chi connectivity index (χ3n) is 3.24. The molecule has 104 valence electrons. The van der Waals surface area contributed by atoms with Crippen molar-refractivity contribution in [3.63, 3.8) is 0 Å². The van der Waals surface area contributed by atoms with Crippen molar-refractivity contribution >= 4 is 17.5 Å². The highest BCUT2D eigenvalue weighted by Gasteiger charge is 2.15. The molecule has 1 aliphatic heterocycles. The fourth-order valence-electron chi connectivity index (χ4n) is 2.27. The van der Waals surface area contributed by atoms with Gasteiger partial charge in [-0.1, -0.05) is 18.5 Å². The molecule has 1 saturated heterocycles. The first-order valence-electron chi connectivity index (χ1n) is 6.65. The molecule has 0 aliphatic carbocycles. The van der Waals surface area contributed by atoms with Crippen molar-refractivity contribution in [2.75, 3.05) is 26.2 Å². The fourth-order valence-corrected chi connectivity index (χ4v) is 2.37. The van der Waals surface area contributed by atoms with Crippen LogP contribution in [0, 0.1) is 5.92 Å². The Morgan fingerprint density at radius 2 is 2.16 bits per heavy atom. The number of rotatable bonds is 5. The molecule has 1 unspecified atom stereocenters. The van der Waals surface area contributed by atoms with Crippen LogP contribution in [0.1, 0.15) is 30.3 Å². The van der Waals surface area contributed by atoms with E-state index in [1.54, 1.807) is 12.1 Å². The van der Waals surface area contributed by atoms with Gasteiger partial charge in [0.05, 0.1) is 0 Å². The van der Waals surface area contributed by atoms with Crippen LogP contribution in [0.25, 0.3) is 0 Å². The average Bonchev–Trinajstić information content (AvgIpc) is 2.89. The minimum Gasteiger partial charge on any atom is -0.350 e. The first-order chi connectivity index (χ1) is 9.15. The first kappa shape index (κ1) is 14.2. The standard InChI is InChI=1S/C13H19ClN4O/c1-10(9-18-6-2-3-7-18)8-15-13(19)11-4-5-12(14)17-16-11/h4-5,10H,2-3,6-9H2,1H3,(H,15,19). The predicted molar refractivity (Wildman–Crippen MR) is 74.2 cm³/mol. The molecule has 2 heterocycles. The van der Waals surface area contributed by atoms with Gasteiger partial charge in [-0.2, -0.15) is 0 Å². The van der Waals surface area contributed by atoms with Gasteiger partial charge >= 0.3 is 0 Å². The Morgan fingerprint density at radius 3 is 2.79 bits per heavy atom. The molecule has 0 spiro atoms. The van der Waals surface area contributed by atoms with Crippen LogP contribution in [0.2, 0.25) is 5.15 Å². The van der Waals surface area contributed by atoms with E-state index in [0.717, 1.165) is 6.54 Å². The summed E-state index contributed by atoms with van der Waals surface area (Å²) in [7, 11) is 0. The van der Waals surface area contributed by atoms with Crippen molar-refractivity contribution in [1.29, 1.82) is 0 Å². The molecule has 1 amide bonds. The quantitative estimate of drug-likeness (QED) is 0.891. The van der Waals surface area contributed by atoms with E-state index < -0.39 is 0 Å². The topological polar surface area (TPSA) is 58.1 Å². The van der Waals surface area contributed by atoms with Gasteiger partial charge in [0, 0.05) is 13.1 Å². The highest BCUT2D eigenvalue weighted by Crippen LogP contribution is 2.09. The number of halogens is 1. The van der Waals surface area contributed by atoms with Gasteiger partial charge in [-0.3, -0.25) is 4.79 Å². The Balaban J connectivity index is 1.74. The molecule has 1 fully saturated rings. The third kappa shape index (κ3) is 4.44. The smallest absolute Gasteiger partial charge is 0.271 e. The lowest BCUT2D eigenvalue weighted by Crippen LogP contribution is -2.34. The number of amides is 1. The van der Waals surface area contributed by atoms with Crippen molar-refractivity contribution in [2.45, 2.75) is 19.8 Å². The van der Waals surface area contributed by atoms with Gasteiger partial charge in [-0.15, -0.1) is 10.2 Å². The maximum Gasteiger partial charge on any atom is 0.271 e. The summed E-state index contributed by atoms with van der Waals surface area (Å²) in [5.74, 6) is 0.236. The maximum absolute atomic E-state index is 11.8. The molecule has 1 aliphatic rings. The molecule has 0 saturated carbocycles. The van der Waals surface area contributed by atoms with Gasteiger partial charge in [0.1, 0.15) is 0 Å². The number of nitrogens with zero attached hydrogens (tertiary/aromatic N) is 3. The van der Waals surface area contributed by atoms with Crippen LogP contribution in [0.4, 0.5) is 0 Å². The minimum atomic E-state index is -0.197. The molecule has 0 bridgehead atoms. The maximum atomic E-state index is 11.8. The summed E-state index contributed by atoms with van der Waals surface area (Å²) in [6.07, 6.45) is 2.58. The van der Waals surface area contributed by atoms with E-state index in [1.165, 1.54) is 25.9 Å². The molecule has 0 aromatic carbocycles. The number of hydrogen-bond acceptors (Lipinski definition) is 4. The zero-order chi connectivity index (χ0) is 13.7. The van der Waals surface area contributed by atoms with E-state index in [9.17, 15) is 4.79 Å². The number of hydrogen-bond donors (Lipinski definition) is 1. The number of carbonyl (C=O) groups is 1. The van der Waals surface area contributed by atoms with Crippen LogP contribution in [0.15, 0.2) is 12.1 Å². The average molecular weight is 283 g/mol. The summed E-state index contributed by atoms with van der Waals surface area (Å²) in [6.45, 7) is 6.19. The molecule has 5 nitrogen and oxygen atoms in total. The zero-order valence-electron chi connectivity index (χ0n) is 11.1. The van der Waals surface area contributed by atoms with Gasteiger partial charge in [-0.05, 0) is 44.0 Å². The normalized spacial score (nSPS) is 17.4. The highest BCUT2D eigenvalue weighted by atomic mass is 35.5. The Bertz CT molecular complexity index is 417. The Kier molecular flexibility index (Phi) is 5.10. The molecule has 2 rings (SSSR count). The Morgan fingerprint density at radius 1 is 1.42 bits per heavy atom. The lowest BCUT2D eigenvalue weighted by molar-refractivity contribution is 0.0939. The SMILES string of the molecule is CC(CNC(=O)c1ccc(Cl)nn1)CN1CCCC1. The van der Waals surface area contributed by atoms with E-state index in [4.69, 9.17) is 11.6 Å². The minimum absolute atomic E-state index is 0.197.